The maximum Gasteiger partial charge on any atom is 0.257 e. The van der Waals surface area contributed by atoms with Gasteiger partial charge in [-0.15, -0.1) is 0 Å². The zero-order chi connectivity index (χ0) is 27.4. The predicted octanol–water partition coefficient (Wildman–Crippen LogP) is 3.51. The van der Waals surface area contributed by atoms with E-state index in [0.29, 0.717) is 48.8 Å². The molecule has 0 aliphatic carbocycles. The molecule has 200 valence electrons. The van der Waals surface area contributed by atoms with E-state index >= 15 is 0 Å². The van der Waals surface area contributed by atoms with Gasteiger partial charge in [-0.2, -0.15) is 0 Å². The number of carbonyl (C=O) groups excluding carboxylic acids is 1. The molecule has 0 radical (unpaired) electrons. The number of hydrogen-bond donors (Lipinski definition) is 1. The average Bonchev–Trinajstić information content (AvgIpc) is 3.35. The molecule has 5 rings (SSSR count). The molecule has 0 atom stereocenters. The number of pyridine rings is 1. The van der Waals surface area contributed by atoms with Crippen molar-refractivity contribution in [2.75, 3.05) is 26.3 Å². The number of nitrogens with zero attached hydrogens (tertiary/aromatic N) is 4. The summed E-state index contributed by atoms with van der Waals surface area (Å²) in [4.78, 5) is 33.3. The number of imidazole rings is 1. The Bertz CT molecular complexity index is 1620. The van der Waals surface area contributed by atoms with Crippen LogP contribution >= 0.6 is 11.6 Å². The number of amides is 1. The van der Waals surface area contributed by atoms with E-state index in [-0.39, 0.29) is 11.0 Å². The van der Waals surface area contributed by atoms with Crippen LogP contribution in [0.5, 0.6) is 0 Å². The van der Waals surface area contributed by atoms with Crippen LogP contribution in [0.25, 0.3) is 10.9 Å². The van der Waals surface area contributed by atoms with Crippen molar-refractivity contribution in [2.45, 2.75) is 26.6 Å². The number of aromatic nitrogens is 3. The zero-order valence-electron chi connectivity index (χ0n) is 22.0. The van der Waals surface area contributed by atoms with E-state index < -0.39 is 5.91 Å². The van der Waals surface area contributed by atoms with Crippen LogP contribution in [-0.2, 0) is 31.4 Å². The Balaban J connectivity index is 1.51. The second-order valence-electron chi connectivity index (χ2n) is 9.68. The maximum absolute atomic E-state index is 13.7. The van der Waals surface area contributed by atoms with Crippen molar-refractivity contribution in [3.05, 3.63) is 98.3 Å². The Morgan fingerprint density at radius 2 is 1.92 bits per heavy atom. The molecule has 1 aliphatic heterocycles. The highest BCUT2D eigenvalue weighted by Crippen LogP contribution is 2.21. The molecular weight excluding hydrogens is 514 g/mol. The van der Waals surface area contributed by atoms with Crippen molar-refractivity contribution in [1.29, 1.82) is 0 Å². The first-order chi connectivity index (χ1) is 18.9. The first-order valence-corrected chi connectivity index (χ1v) is 13.2. The normalized spacial score (nSPS) is 13.7. The van der Waals surface area contributed by atoms with Gasteiger partial charge in [0.1, 0.15) is 5.56 Å². The Labute approximate surface area is 232 Å². The summed E-state index contributed by atoms with van der Waals surface area (Å²) in [5, 5.41) is 3.97. The molecule has 9 heteroatoms. The van der Waals surface area contributed by atoms with Crippen LogP contribution in [0.4, 0.5) is 0 Å². The molecule has 39 heavy (non-hydrogen) atoms. The van der Waals surface area contributed by atoms with Gasteiger partial charge in [-0.05, 0) is 42.3 Å². The summed E-state index contributed by atoms with van der Waals surface area (Å²) in [5.41, 5.74) is 4.13. The number of ether oxygens (including phenoxy) is 1. The quantitative estimate of drug-likeness (QED) is 0.376. The minimum Gasteiger partial charge on any atom is -0.379 e. The lowest BCUT2D eigenvalue weighted by Gasteiger charge is -2.26. The third kappa shape index (κ3) is 6.23. The molecule has 0 unspecified atom stereocenters. The molecule has 4 aromatic rings. The Hall–Kier alpha value is -3.90. The van der Waals surface area contributed by atoms with Crippen LogP contribution in [-0.4, -0.2) is 51.2 Å². The number of benzene rings is 2. The fourth-order valence-electron chi connectivity index (χ4n) is 4.73. The number of rotatable bonds is 6. The van der Waals surface area contributed by atoms with Gasteiger partial charge in [-0.1, -0.05) is 35.6 Å². The van der Waals surface area contributed by atoms with Crippen molar-refractivity contribution < 1.29 is 9.53 Å². The fourth-order valence-corrected chi connectivity index (χ4v) is 4.85. The number of nitrogens with one attached hydrogen (secondary N) is 1. The summed E-state index contributed by atoms with van der Waals surface area (Å²) >= 11 is 5.96. The Kier molecular flexibility index (Phi) is 8.13. The molecule has 0 saturated carbocycles. The number of aryl methyl sites for hydroxylation is 2. The molecule has 1 saturated heterocycles. The van der Waals surface area contributed by atoms with Crippen molar-refractivity contribution in [2.24, 2.45) is 7.05 Å². The lowest BCUT2D eigenvalue weighted by molar-refractivity contribution is 0.0342. The highest BCUT2D eigenvalue weighted by molar-refractivity contribution is 6.30. The molecule has 2 aromatic heterocycles. The largest absolute Gasteiger partial charge is 0.379 e. The fraction of sp³-hybridized carbons (Fsp3) is 0.300. The smallest absolute Gasteiger partial charge is 0.257 e. The third-order valence-corrected chi connectivity index (χ3v) is 7.10. The highest BCUT2D eigenvalue weighted by atomic mass is 35.5. The van der Waals surface area contributed by atoms with E-state index in [4.69, 9.17) is 16.3 Å². The second kappa shape index (κ2) is 11.9. The lowest BCUT2D eigenvalue weighted by Crippen LogP contribution is -2.35. The highest BCUT2D eigenvalue weighted by Gasteiger charge is 2.18. The summed E-state index contributed by atoms with van der Waals surface area (Å²) in [6, 6.07) is 11.2. The average molecular weight is 544 g/mol. The van der Waals surface area contributed by atoms with Crippen molar-refractivity contribution in [1.82, 2.24) is 24.3 Å². The monoisotopic (exact) mass is 543 g/mol. The Morgan fingerprint density at radius 1 is 1.15 bits per heavy atom. The van der Waals surface area contributed by atoms with E-state index in [1.165, 1.54) is 0 Å². The van der Waals surface area contributed by atoms with Crippen molar-refractivity contribution >= 4 is 28.4 Å². The molecule has 0 bridgehead atoms. The van der Waals surface area contributed by atoms with Crippen LogP contribution < -0.4 is 10.7 Å². The second-order valence-corrected chi connectivity index (χ2v) is 10.1. The SMILES string of the molecule is Cc1cncn1CC#Cc1cc(CN2CCOCC2)cc2c(=O)c(C(=O)NCc3ccc(Cl)cc3)cn(C)c12. The maximum atomic E-state index is 13.7. The van der Waals surface area contributed by atoms with Crippen LogP contribution in [0.3, 0.4) is 0 Å². The van der Waals surface area contributed by atoms with Gasteiger partial charge in [-0.25, -0.2) is 4.98 Å². The standard InChI is InChI=1S/C30H30ClN5O3/c1-21-16-32-20-36(21)9-3-4-24-14-23(18-35-10-12-39-13-11-35)15-26-28(24)34(2)19-27(29(26)37)30(38)33-17-22-5-7-25(31)8-6-22/h5-8,14-16,19-20H,9-13,17-18H2,1-2H3,(H,33,38). The van der Waals surface area contributed by atoms with Gasteiger partial charge >= 0.3 is 0 Å². The topological polar surface area (TPSA) is 81.4 Å². The molecule has 8 nitrogen and oxygen atoms in total. The molecule has 1 aliphatic rings. The Morgan fingerprint density at radius 3 is 2.64 bits per heavy atom. The van der Waals surface area contributed by atoms with Gasteiger partial charge < -0.3 is 19.2 Å². The molecule has 0 spiro atoms. The molecular formula is C30H30ClN5O3. The number of fused-ring (bicyclic) bond motifs is 1. The summed E-state index contributed by atoms with van der Waals surface area (Å²) in [6.07, 6.45) is 5.14. The van der Waals surface area contributed by atoms with Crippen LogP contribution in [0, 0.1) is 18.8 Å². The molecule has 1 amide bonds. The van der Waals surface area contributed by atoms with Crippen molar-refractivity contribution in [3.8, 4) is 11.8 Å². The van der Waals surface area contributed by atoms with Gasteiger partial charge in [0.2, 0.25) is 5.43 Å². The summed E-state index contributed by atoms with van der Waals surface area (Å²) < 4.78 is 9.28. The molecule has 3 heterocycles. The zero-order valence-corrected chi connectivity index (χ0v) is 22.8. The van der Waals surface area contributed by atoms with Gasteiger partial charge in [0, 0.05) is 67.3 Å². The number of morpholine rings is 1. The molecule has 1 N–H and O–H groups in total. The number of hydrogen-bond acceptors (Lipinski definition) is 5. The summed E-state index contributed by atoms with van der Waals surface area (Å²) in [6.45, 7) is 6.45. The minimum atomic E-state index is -0.422. The van der Waals surface area contributed by atoms with E-state index in [0.717, 1.165) is 35.5 Å². The minimum absolute atomic E-state index is 0.0930. The van der Waals surface area contributed by atoms with Crippen molar-refractivity contribution in [3.63, 3.8) is 0 Å². The van der Waals surface area contributed by atoms with Crippen LogP contribution in [0.2, 0.25) is 5.02 Å². The van der Waals surface area contributed by atoms with Gasteiger partial charge in [0.05, 0.1) is 31.6 Å². The third-order valence-electron chi connectivity index (χ3n) is 6.85. The number of carbonyl (C=O) groups is 1. The van der Waals surface area contributed by atoms with E-state index in [1.807, 2.05) is 47.4 Å². The van der Waals surface area contributed by atoms with Gasteiger partial charge in [0.15, 0.2) is 0 Å². The van der Waals surface area contributed by atoms with E-state index in [2.05, 4.69) is 27.0 Å². The first-order valence-electron chi connectivity index (χ1n) is 12.8. The van der Waals surface area contributed by atoms with E-state index in [1.54, 1.807) is 30.9 Å². The van der Waals surface area contributed by atoms with Gasteiger partial charge in [0.25, 0.3) is 5.91 Å². The predicted molar refractivity (Wildman–Crippen MR) is 152 cm³/mol. The summed E-state index contributed by atoms with van der Waals surface area (Å²) in [5.74, 6) is 6.09. The number of halogens is 1. The van der Waals surface area contributed by atoms with Gasteiger partial charge in [-0.3, -0.25) is 14.5 Å². The summed E-state index contributed by atoms with van der Waals surface area (Å²) in [7, 11) is 1.84. The molecule has 2 aromatic carbocycles. The first kappa shape index (κ1) is 26.7. The molecule has 1 fully saturated rings. The van der Waals surface area contributed by atoms with E-state index in [9.17, 15) is 9.59 Å². The van der Waals surface area contributed by atoms with Crippen LogP contribution in [0.15, 0.2) is 59.9 Å². The van der Waals surface area contributed by atoms with Crippen LogP contribution in [0.1, 0.15) is 32.7 Å². The lowest BCUT2D eigenvalue weighted by atomic mass is 10.0.